The lowest BCUT2D eigenvalue weighted by Crippen LogP contribution is -2.52. The summed E-state index contributed by atoms with van der Waals surface area (Å²) in [5.74, 6) is -0.560. The molecular weight excluding hydrogens is 561 g/mol. The Morgan fingerprint density at radius 3 is 2.14 bits per heavy atom. The molecule has 0 aliphatic heterocycles. The van der Waals surface area contributed by atoms with Crippen molar-refractivity contribution in [1.82, 2.24) is 10.2 Å². The average Bonchev–Trinajstić information content (AvgIpc) is 2.99. The summed E-state index contributed by atoms with van der Waals surface area (Å²) in [6, 6.07) is 17.0. The Bertz CT molecular complexity index is 1450. The second-order valence-electron chi connectivity index (χ2n) is 10.1. The number of methoxy groups -OCH3 is 2. The lowest BCUT2D eigenvalue weighted by atomic mass is 10.1. The number of halogens is 1. The van der Waals surface area contributed by atoms with E-state index in [2.05, 4.69) is 5.32 Å². The fraction of sp³-hybridized carbons (Fsp3) is 0.355. The first-order chi connectivity index (χ1) is 20.0. The maximum absolute atomic E-state index is 14.1. The number of carbonyl (C=O) groups is 2. The zero-order valence-corrected chi connectivity index (χ0v) is 25.4. The minimum Gasteiger partial charge on any atom is -0.493 e. The monoisotopic (exact) mass is 599 g/mol. The smallest absolute Gasteiger partial charge is 0.264 e. The van der Waals surface area contributed by atoms with Gasteiger partial charge in [0.2, 0.25) is 11.8 Å². The van der Waals surface area contributed by atoms with Crippen molar-refractivity contribution in [2.75, 3.05) is 31.6 Å². The summed E-state index contributed by atoms with van der Waals surface area (Å²) < 4.78 is 53.2. The van der Waals surface area contributed by atoms with E-state index in [9.17, 15) is 22.4 Å². The van der Waals surface area contributed by atoms with E-state index < -0.39 is 34.3 Å². The molecule has 0 radical (unpaired) electrons. The first kappa shape index (κ1) is 32.4. The molecule has 1 atom stereocenters. The molecule has 0 saturated heterocycles. The first-order valence-corrected chi connectivity index (χ1v) is 15.1. The molecule has 0 aliphatic rings. The number of anilines is 1. The van der Waals surface area contributed by atoms with Gasteiger partial charge in [-0.15, -0.1) is 0 Å². The number of nitrogens with one attached hydrogen (secondary N) is 1. The van der Waals surface area contributed by atoms with Crippen molar-refractivity contribution in [1.29, 1.82) is 0 Å². The van der Waals surface area contributed by atoms with E-state index in [0.717, 1.165) is 4.31 Å². The Labute approximate surface area is 247 Å². The van der Waals surface area contributed by atoms with Crippen LogP contribution in [-0.4, -0.2) is 58.5 Å². The Morgan fingerprint density at radius 2 is 1.57 bits per heavy atom. The van der Waals surface area contributed by atoms with Gasteiger partial charge in [-0.1, -0.05) is 51.1 Å². The van der Waals surface area contributed by atoms with Crippen LogP contribution in [0.5, 0.6) is 11.5 Å². The van der Waals surface area contributed by atoms with E-state index in [1.54, 1.807) is 31.2 Å². The fourth-order valence-corrected chi connectivity index (χ4v) is 5.78. The van der Waals surface area contributed by atoms with Crippen LogP contribution in [0.4, 0.5) is 10.1 Å². The van der Waals surface area contributed by atoms with Gasteiger partial charge >= 0.3 is 0 Å². The van der Waals surface area contributed by atoms with Crippen LogP contribution in [0.25, 0.3) is 0 Å². The van der Waals surface area contributed by atoms with Crippen LogP contribution >= 0.6 is 0 Å². The lowest BCUT2D eigenvalue weighted by Gasteiger charge is -2.33. The zero-order valence-electron chi connectivity index (χ0n) is 24.5. The number of hydrogen-bond donors (Lipinski definition) is 1. The molecule has 9 nitrogen and oxygen atoms in total. The largest absolute Gasteiger partial charge is 0.493 e. The van der Waals surface area contributed by atoms with Crippen molar-refractivity contribution in [2.24, 2.45) is 5.92 Å². The summed E-state index contributed by atoms with van der Waals surface area (Å²) in [6.07, 6.45) is 0.276. The maximum Gasteiger partial charge on any atom is 0.264 e. The highest BCUT2D eigenvalue weighted by Crippen LogP contribution is 2.34. The van der Waals surface area contributed by atoms with Gasteiger partial charge in [-0.3, -0.25) is 13.9 Å². The van der Waals surface area contributed by atoms with E-state index in [0.29, 0.717) is 17.9 Å². The number of benzene rings is 3. The van der Waals surface area contributed by atoms with Crippen molar-refractivity contribution in [2.45, 2.75) is 44.7 Å². The van der Waals surface area contributed by atoms with Crippen LogP contribution in [0.2, 0.25) is 0 Å². The standard InChI is InChI=1S/C31H38FN3O6S/c1-6-27(31(37)33-19-22(2)3)34(20-23-12-14-24(32)15-13-23)30(36)21-35(42(38,39)26-10-8-7-9-11-26)25-16-17-28(40-4)29(18-25)41-5/h7-18,22,27H,6,19-21H2,1-5H3,(H,33,37). The van der Waals surface area contributed by atoms with E-state index in [4.69, 9.17) is 9.47 Å². The normalized spacial score (nSPS) is 12.0. The van der Waals surface area contributed by atoms with Crippen molar-refractivity contribution in [3.05, 3.63) is 84.2 Å². The van der Waals surface area contributed by atoms with E-state index >= 15 is 0 Å². The number of ether oxygens (including phenoxy) is 2. The molecule has 1 unspecified atom stereocenters. The predicted molar refractivity (Wildman–Crippen MR) is 159 cm³/mol. The minimum absolute atomic E-state index is 0.0145. The van der Waals surface area contributed by atoms with Gasteiger partial charge in [-0.25, -0.2) is 12.8 Å². The van der Waals surface area contributed by atoms with Crippen LogP contribution in [-0.2, 0) is 26.2 Å². The summed E-state index contributed by atoms with van der Waals surface area (Å²) in [7, 11) is -1.35. The Hall–Kier alpha value is -4.12. The molecule has 0 aromatic heterocycles. The van der Waals surface area contributed by atoms with Crippen LogP contribution in [0.15, 0.2) is 77.7 Å². The summed E-state index contributed by atoms with van der Waals surface area (Å²) in [6.45, 7) is 5.46. The van der Waals surface area contributed by atoms with Crippen LogP contribution < -0.4 is 19.1 Å². The number of hydrogen-bond acceptors (Lipinski definition) is 6. The van der Waals surface area contributed by atoms with Crippen LogP contribution in [0.3, 0.4) is 0 Å². The van der Waals surface area contributed by atoms with Gasteiger partial charge in [0, 0.05) is 19.2 Å². The highest BCUT2D eigenvalue weighted by molar-refractivity contribution is 7.92. The van der Waals surface area contributed by atoms with Gasteiger partial charge < -0.3 is 19.7 Å². The summed E-state index contributed by atoms with van der Waals surface area (Å²) in [5.41, 5.74) is 0.757. The number of nitrogens with zero attached hydrogens (tertiary/aromatic N) is 2. The molecule has 3 rings (SSSR count). The third kappa shape index (κ3) is 8.00. The van der Waals surface area contributed by atoms with Crippen LogP contribution in [0, 0.1) is 11.7 Å². The van der Waals surface area contributed by atoms with Crippen molar-refractivity contribution in [3.63, 3.8) is 0 Å². The van der Waals surface area contributed by atoms with E-state index in [-0.39, 0.29) is 41.1 Å². The minimum atomic E-state index is -4.24. The third-order valence-electron chi connectivity index (χ3n) is 6.60. The average molecular weight is 600 g/mol. The number of amides is 2. The van der Waals surface area contributed by atoms with Gasteiger partial charge in [-0.2, -0.15) is 0 Å². The second-order valence-corrected chi connectivity index (χ2v) is 11.9. The summed E-state index contributed by atoms with van der Waals surface area (Å²) in [4.78, 5) is 28.7. The Kier molecular flexibility index (Phi) is 11.3. The highest BCUT2D eigenvalue weighted by atomic mass is 32.2. The SMILES string of the molecule is CCC(C(=O)NCC(C)C)N(Cc1ccc(F)cc1)C(=O)CN(c1ccc(OC)c(OC)c1)S(=O)(=O)c1ccccc1. The molecular formula is C31H38FN3O6S. The van der Waals surface area contributed by atoms with Crippen molar-refractivity contribution < 1.29 is 31.9 Å². The van der Waals surface area contributed by atoms with Crippen molar-refractivity contribution in [3.8, 4) is 11.5 Å². The summed E-state index contributed by atoms with van der Waals surface area (Å²) in [5, 5.41) is 2.88. The molecule has 0 bridgehead atoms. The van der Waals surface area contributed by atoms with Crippen LogP contribution in [0.1, 0.15) is 32.8 Å². The molecule has 0 aliphatic carbocycles. The first-order valence-electron chi connectivity index (χ1n) is 13.6. The van der Waals surface area contributed by atoms with Gasteiger partial charge in [0.05, 0.1) is 24.8 Å². The molecule has 2 amide bonds. The molecule has 226 valence electrons. The quantitative estimate of drug-likeness (QED) is 0.290. The second kappa shape index (κ2) is 14.7. The van der Waals surface area contributed by atoms with Gasteiger partial charge in [0.15, 0.2) is 11.5 Å². The Morgan fingerprint density at radius 1 is 0.929 bits per heavy atom. The number of rotatable bonds is 14. The Balaban J connectivity index is 2.08. The highest BCUT2D eigenvalue weighted by Gasteiger charge is 2.34. The van der Waals surface area contributed by atoms with E-state index in [1.165, 1.54) is 67.7 Å². The van der Waals surface area contributed by atoms with E-state index in [1.807, 2.05) is 13.8 Å². The zero-order chi connectivity index (χ0) is 30.9. The third-order valence-corrected chi connectivity index (χ3v) is 8.39. The fourth-order valence-electron chi connectivity index (χ4n) is 4.36. The molecule has 11 heteroatoms. The molecule has 1 N–H and O–H groups in total. The van der Waals surface area contributed by atoms with Crippen molar-refractivity contribution >= 4 is 27.5 Å². The maximum atomic E-state index is 14.1. The number of carbonyl (C=O) groups excluding carboxylic acids is 2. The molecule has 42 heavy (non-hydrogen) atoms. The molecule has 0 heterocycles. The van der Waals surface area contributed by atoms with Gasteiger partial charge in [-0.05, 0) is 54.3 Å². The molecule has 0 saturated carbocycles. The summed E-state index contributed by atoms with van der Waals surface area (Å²) >= 11 is 0. The number of sulfonamides is 1. The van der Waals surface area contributed by atoms with Gasteiger partial charge in [0.25, 0.3) is 10.0 Å². The lowest BCUT2D eigenvalue weighted by molar-refractivity contribution is -0.140. The predicted octanol–water partition coefficient (Wildman–Crippen LogP) is 4.62. The van der Waals surface area contributed by atoms with Gasteiger partial charge in [0.1, 0.15) is 18.4 Å². The molecule has 3 aromatic carbocycles. The molecule has 3 aromatic rings. The topological polar surface area (TPSA) is 105 Å². The molecule has 0 fully saturated rings. The molecule has 0 spiro atoms.